The molecule has 1 unspecified atom stereocenters. The van der Waals surface area contributed by atoms with Gasteiger partial charge in [0.2, 0.25) is 0 Å². The number of aromatic nitrogens is 2. The summed E-state index contributed by atoms with van der Waals surface area (Å²) in [7, 11) is 0. The van der Waals surface area contributed by atoms with E-state index in [0.29, 0.717) is 5.02 Å². The van der Waals surface area contributed by atoms with E-state index >= 15 is 0 Å². The topological polar surface area (TPSA) is 47.3 Å². The molecule has 0 aliphatic carbocycles. The molecule has 1 atom stereocenters. The zero-order valence-electron chi connectivity index (χ0n) is 9.27. The molecule has 1 aromatic carbocycles. The summed E-state index contributed by atoms with van der Waals surface area (Å²) in [4.78, 5) is 0. The maximum atomic E-state index is 9.64. The van der Waals surface area contributed by atoms with Gasteiger partial charge >= 0.3 is 0 Å². The first-order valence-electron chi connectivity index (χ1n) is 5.73. The van der Waals surface area contributed by atoms with Gasteiger partial charge in [0.25, 0.3) is 0 Å². The molecular formula is C12H13ClN2O2. The summed E-state index contributed by atoms with van der Waals surface area (Å²) in [6, 6.07) is 3.36. The van der Waals surface area contributed by atoms with Crippen molar-refractivity contribution in [3.8, 4) is 5.75 Å². The van der Waals surface area contributed by atoms with Crippen molar-refractivity contribution in [1.29, 1.82) is 0 Å². The van der Waals surface area contributed by atoms with Gasteiger partial charge < -0.3 is 9.84 Å². The molecule has 1 aliphatic rings. The van der Waals surface area contributed by atoms with Crippen LogP contribution < -0.4 is 0 Å². The Labute approximate surface area is 104 Å². The highest BCUT2D eigenvalue weighted by Gasteiger charge is 2.19. The number of rotatable bonds is 1. The number of fused-ring (bicyclic) bond motifs is 1. The molecule has 90 valence electrons. The van der Waals surface area contributed by atoms with Gasteiger partial charge in [0, 0.05) is 18.1 Å². The van der Waals surface area contributed by atoms with Crippen LogP contribution in [0.25, 0.3) is 10.9 Å². The Balaban J connectivity index is 2.07. The molecular weight excluding hydrogens is 240 g/mol. The van der Waals surface area contributed by atoms with Crippen molar-refractivity contribution in [1.82, 2.24) is 9.78 Å². The van der Waals surface area contributed by atoms with Gasteiger partial charge in [-0.05, 0) is 25.3 Å². The molecule has 1 saturated heterocycles. The first-order chi connectivity index (χ1) is 8.25. The minimum absolute atomic E-state index is 0.0261. The molecule has 0 bridgehead atoms. The molecule has 1 aromatic heterocycles. The lowest BCUT2D eigenvalue weighted by Gasteiger charge is -2.23. The number of nitrogens with zero attached hydrogens (tertiary/aromatic N) is 2. The molecule has 0 amide bonds. The Morgan fingerprint density at radius 3 is 3.06 bits per heavy atom. The monoisotopic (exact) mass is 252 g/mol. The molecule has 0 spiro atoms. The average molecular weight is 253 g/mol. The molecule has 2 heterocycles. The van der Waals surface area contributed by atoms with E-state index < -0.39 is 0 Å². The second kappa shape index (κ2) is 4.20. The van der Waals surface area contributed by atoms with E-state index in [1.807, 2.05) is 4.68 Å². The molecule has 4 nitrogen and oxygen atoms in total. The third-order valence-corrected chi connectivity index (χ3v) is 3.40. The van der Waals surface area contributed by atoms with Crippen molar-refractivity contribution in [2.75, 3.05) is 6.61 Å². The smallest absolute Gasteiger partial charge is 0.150 e. The van der Waals surface area contributed by atoms with Crippen molar-refractivity contribution in [2.45, 2.75) is 25.5 Å². The summed E-state index contributed by atoms with van der Waals surface area (Å²) >= 11 is 5.86. The first kappa shape index (κ1) is 10.9. The number of aromatic hydroxyl groups is 1. The SMILES string of the molecule is Oc1cc2c(cnn2C2CCCCO2)cc1Cl. The molecule has 2 aromatic rings. The standard InChI is InChI=1S/C12H13ClN2O2/c13-9-5-8-7-14-15(10(8)6-11(9)16)12-3-1-2-4-17-12/h5-7,12,16H,1-4H2. The van der Waals surface area contributed by atoms with Crippen LogP contribution in [0.3, 0.4) is 0 Å². The van der Waals surface area contributed by atoms with Crippen molar-refractivity contribution in [3.05, 3.63) is 23.4 Å². The van der Waals surface area contributed by atoms with E-state index in [4.69, 9.17) is 16.3 Å². The highest BCUT2D eigenvalue weighted by atomic mass is 35.5. The molecule has 1 aliphatic heterocycles. The fourth-order valence-electron chi connectivity index (χ4n) is 2.20. The van der Waals surface area contributed by atoms with Crippen LogP contribution in [-0.4, -0.2) is 21.5 Å². The molecule has 0 saturated carbocycles. The minimum atomic E-state index is -0.0261. The van der Waals surface area contributed by atoms with E-state index in [0.717, 1.165) is 36.8 Å². The van der Waals surface area contributed by atoms with Gasteiger partial charge in [0.1, 0.15) is 5.75 Å². The van der Waals surface area contributed by atoms with Crippen LogP contribution in [0.4, 0.5) is 0 Å². The lowest BCUT2D eigenvalue weighted by Crippen LogP contribution is -2.18. The second-order valence-corrected chi connectivity index (χ2v) is 4.68. The second-order valence-electron chi connectivity index (χ2n) is 4.27. The fraction of sp³-hybridized carbons (Fsp3) is 0.417. The highest BCUT2D eigenvalue weighted by molar-refractivity contribution is 6.32. The maximum Gasteiger partial charge on any atom is 0.150 e. The summed E-state index contributed by atoms with van der Waals surface area (Å²) < 4.78 is 7.51. The van der Waals surface area contributed by atoms with E-state index in [2.05, 4.69) is 5.10 Å². The Hall–Kier alpha value is -1.26. The van der Waals surface area contributed by atoms with E-state index in [-0.39, 0.29) is 12.0 Å². The van der Waals surface area contributed by atoms with E-state index in [1.54, 1.807) is 18.3 Å². The Bertz CT molecular complexity index is 547. The van der Waals surface area contributed by atoms with Crippen LogP contribution in [0.15, 0.2) is 18.3 Å². The average Bonchev–Trinajstić information content (AvgIpc) is 2.74. The predicted molar refractivity (Wildman–Crippen MR) is 65.2 cm³/mol. The molecule has 1 fully saturated rings. The van der Waals surface area contributed by atoms with Gasteiger partial charge in [-0.15, -0.1) is 0 Å². The minimum Gasteiger partial charge on any atom is -0.506 e. The van der Waals surface area contributed by atoms with Gasteiger partial charge in [0.05, 0.1) is 16.7 Å². The molecule has 1 N–H and O–H groups in total. The number of halogens is 1. The Morgan fingerprint density at radius 1 is 1.41 bits per heavy atom. The van der Waals surface area contributed by atoms with Crippen molar-refractivity contribution >= 4 is 22.5 Å². The number of ether oxygens (including phenoxy) is 1. The largest absolute Gasteiger partial charge is 0.506 e. The highest BCUT2D eigenvalue weighted by Crippen LogP contribution is 2.32. The van der Waals surface area contributed by atoms with Crippen LogP contribution in [0.2, 0.25) is 5.02 Å². The van der Waals surface area contributed by atoms with Crippen LogP contribution >= 0.6 is 11.6 Å². The van der Waals surface area contributed by atoms with Crippen molar-refractivity contribution < 1.29 is 9.84 Å². The van der Waals surface area contributed by atoms with Crippen molar-refractivity contribution in [2.24, 2.45) is 0 Å². The quantitative estimate of drug-likeness (QED) is 0.848. The molecule has 17 heavy (non-hydrogen) atoms. The molecule has 5 heteroatoms. The summed E-state index contributed by atoms with van der Waals surface area (Å²) in [5, 5.41) is 15.2. The number of phenolic OH excluding ortho intramolecular Hbond substituents is 1. The number of phenols is 1. The molecule has 3 rings (SSSR count). The summed E-state index contributed by atoms with van der Waals surface area (Å²) in [6.07, 6.45) is 4.93. The van der Waals surface area contributed by atoms with Crippen LogP contribution in [0, 0.1) is 0 Å². The van der Waals surface area contributed by atoms with Crippen LogP contribution in [0.5, 0.6) is 5.75 Å². The van der Waals surface area contributed by atoms with Crippen molar-refractivity contribution in [3.63, 3.8) is 0 Å². The zero-order chi connectivity index (χ0) is 11.8. The Morgan fingerprint density at radius 2 is 2.29 bits per heavy atom. The summed E-state index contributed by atoms with van der Waals surface area (Å²) in [6.45, 7) is 0.769. The lowest BCUT2D eigenvalue weighted by molar-refractivity contribution is -0.0366. The normalized spacial score (nSPS) is 20.9. The third-order valence-electron chi connectivity index (χ3n) is 3.09. The fourth-order valence-corrected chi connectivity index (χ4v) is 2.37. The van der Waals surface area contributed by atoms with Gasteiger partial charge in [-0.3, -0.25) is 0 Å². The first-order valence-corrected chi connectivity index (χ1v) is 6.11. The number of benzene rings is 1. The third kappa shape index (κ3) is 1.87. The lowest BCUT2D eigenvalue weighted by atomic mass is 10.2. The van der Waals surface area contributed by atoms with E-state index in [9.17, 15) is 5.11 Å². The van der Waals surface area contributed by atoms with Gasteiger partial charge in [-0.25, -0.2) is 4.68 Å². The zero-order valence-corrected chi connectivity index (χ0v) is 10.0. The van der Waals surface area contributed by atoms with Gasteiger partial charge in [0.15, 0.2) is 6.23 Å². The summed E-state index contributed by atoms with van der Waals surface area (Å²) in [5.41, 5.74) is 0.860. The predicted octanol–water partition coefficient (Wildman–Crippen LogP) is 3.09. The van der Waals surface area contributed by atoms with Gasteiger partial charge in [-0.2, -0.15) is 5.10 Å². The number of hydrogen-bond donors (Lipinski definition) is 1. The van der Waals surface area contributed by atoms with Gasteiger partial charge in [-0.1, -0.05) is 11.6 Å². The Kier molecular flexibility index (Phi) is 2.68. The van der Waals surface area contributed by atoms with Crippen LogP contribution in [0.1, 0.15) is 25.5 Å². The maximum absolute atomic E-state index is 9.64. The van der Waals surface area contributed by atoms with Crippen LogP contribution in [-0.2, 0) is 4.74 Å². The number of hydrogen-bond acceptors (Lipinski definition) is 3. The van der Waals surface area contributed by atoms with E-state index in [1.165, 1.54) is 0 Å². The summed E-state index contributed by atoms with van der Waals surface area (Å²) in [5.74, 6) is 0.0803. The molecule has 0 radical (unpaired) electrons.